The Hall–Kier alpha value is -8.41. The van der Waals surface area contributed by atoms with E-state index >= 15 is 0 Å². The van der Waals surface area contributed by atoms with Crippen LogP contribution in [0.4, 0.5) is 0 Å². The number of para-hydroxylation sites is 2. The Kier molecular flexibility index (Phi) is 8.18. The van der Waals surface area contributed by atoms with E-state index < -0.39 is 0 Å². The zero-order chi connectivity index (χ0) is 43.2. The van der Waals surface area contributed by atoms with E-state index in [1.54, 1.807) is 0 Å². The molecule has 0 saturated carbocycles. The summed E-state index contributed by atoms with van der Waals surface area (Å²) in [6.07, 6.45) is 0. The molecule has 0 saturated heterocycles. The maximum absolute atomic E-state index is 6.57. The molecule has 0 aliphatic heterocycles. The minimum atomic E-state index is -0.0516. The molecule has 1 aliphatic carbocycles. The first-order chi connectivity index (χ1) is 32.0. The van der Waals surface area contributed by atoms with E-state index in [1.165, 1.54) is 33.4 Å². The maximum atomic E-state index is 6.57. The van der Waals surface area contributed by atoms with E-state index in [2.05, 4.69) is 166 Å². The topological polar surface area (TPSA) is 65.0 Å². The molecule has 9 aromatic carbocycles. The van der Waals surface area contributed by atoms with Gasteiger partial charge < -0.3 is 8.83 Å². The van der Waals surface area contributed by atoms with Crippen molar-refractivity contribution < 1.29 is 8.83 Å². The Bertz CT molecular complexity index is 3860. The Labute approximate surface area is 375 Å². The highest BCUT2D eigenvalue weighted by Crippen LogP contribution is 2.52. The largest absolute Gasteiger partial charge is 0.456 e. The molecule has 1 aliphatic rings. The number of fused-ring (bicyclic) bond motifs is 9. The van der Waals surface area contributed by atoms with Crippen molar-refractivity contribution in [1.82, 2.24) is 15.0 Å². The smallest absolute Gasteiger partial charge is 0.167 e. The van der Waals surface area contributed by atoms with Crippen LogP contribution in [0.2, 0.25) is 0 Å². The molecular weight excluding hydrogens is 795 g/mol. The SMILES string of the molecule is CC1(C)c2ccccc2-c2c(-c3ccc(-c4ccc5oc6cccc(-c7nc(-c8cccc(-c9ccccc9)c8)nc(-c8cccc9c8oc8ccccc89)n7)c6c5c4)cc3)cccc21. The van der Waals surface area contributed by atoms with Crippen LogP contribution in [0.1, 0.15) is 25.0 Å². The molecule has 0 spiro atoms. The van der Waals surface area contributed by atoms with Crippen LogP contribution in [0.25, 0.3) is 123 Å². The summed E-state index contributed by atoms with van der Waals surface area (Å²) in [6.45, 7) is 4.66. The van der Waals surface area contributed by atoms with Crippen LogP contribution in [-0.2, 0) is 5.41 Å². The fraction of sp³-hybridized carbons (Fsp3) is 0.0500. The van der Waals surface area contributed by atoms with Gasteiger partial charge in [-0.1, -0.05) is 178 Å². The molecule has 0 radical (unpaired) electrons. The van der Waals surface area contributed by atoms with Crippen LogP contribution >= 0.6 is 0 Å². The molecule has 0 atom stereocenters. The molecule has 5 nitrogen and oxygen atoms in total. The Morgan fingerprint density at radius 3 is 1.78 bits per heavy atom. The van der Waals surface area contributed by atoms with Crippen molar-refractivity contribution in [2.24, 2.45) is 0 Å². The molecule has 3 aromatic heterocycles. The van der Waals surface area contributed by atoms with Gasteiger partial charge >= 0.3 is 0 Å². The maximum Gasteiger partial charge on any atom is 0.167 e. The Morgan fingerprint density at radius 1 is 0.338 bits per heavy atom. The van der Waals surface area contributed by atoms with Gasteiger partial charge in [-0.15, -0.1) is 0 Å². The van der Waals surface area contributed by atoms with Gasteiger partial charge in [0, 0.05) is 38.1 Å². The second-order valence-corrected chi connectivity index (χ2v) is 17.5. The summed E-state index contributed by atoms with van der Waals surface area (Å²) in [7, 11) is 0. The number of nitrogens with zero attached hydrogens (tertiary/aromatic N) is 3. The van der Waals surface area contributed by atoms with Crippen LogP contribution in [-0.4, -0.2) is 15.0 Å². The zero-order valence-electron chi connectivity index (χ0n) is 35.7. The lowest BCUT2D eigenvalue weighted by atomic mass is 9.82. The fourth-order valence-electron chi connectivity index (χ4n) is 10.2. The number of hydrogen-bond acceptors (Lipinski definition) is 5. The predicted molar refractivity (Wildman–Crippen MR) is 265 cm³/mol. The minimum Gasteiger partial charge on any atom is -0.456 e. The summed E-state index contributed by atoms with van der Waals surface area (Å²) in [5.74, 6) is 1.64. The third-order valence-corrected chi connectivity index (χ3v) is 13.4. The van der Waals surface area contributed by atoms with Crippen molar-refractivity contribution in [3.8, 4) is 78.7 Å². The van der Waals surface area contributed by atoms with E-state index in [4.69, 9.17) is 23.8 Å². The summed E-state index contributed by atoms with van der Waals surface area (Å²) in [5, 5.41) is 4.00. The Morgan fingerprint density at radius 2 is 0.892 bits per heavy atom. The second-order valence-electron chi connectivity index (χ2n) is 17.5. The first-order valence-electron chi connectivity index (χ1n) is 22.1. The average Bonchev–Trinajstić information content (AvgIpc) is 4.01. The van der Waals surface area contributed by atoms with E-state index in [0.717, 1.165) is 82.8 Å². The Balaban J connectivity index is 0.955. The van der Waals surface area contributed by atoms with Gasteiger partial charge in [-0.25, -0.2) is 15.0 Å². The van der Waals surface area contributed by atoms with Crippen molar-refractivity contribution in [2.45, 2.75) is 19.3 Å². The lowest BCUT2D eigenvalue weighted by Gasteiger charge is -2.21. The normalized spacial score (nSPS) is 12.9. The van der Waals surface area contributed by atoms with Crippen LogP contribution in [0.15, 0.2) is 209 Å². The second kappa shape index (κ2) is 14.3. The highest BCUT2D eigenvalue weighted by molar-refractivity contribution is 6.13. The first-order valence-corrected chi connectivity index (χ1v) is 22.1. The van der Waals surface area contributed by atoms with Crippen LogP contribution in [0, 0.1) is 0 Å². The van der Waals surface area contributed by atoms with Crippen LogP contribution in [0.3, 0.4) is 0 Å². The van der Waals surface area contributed by atoms with E-state index in [0.29, 0.717) is 17.5 Å². The van der Waals surface area contributed by atoms with Gasteiger partial charge in [-0.3, -0.25) is 0 Å². The first kappa shape index (κ1) is 37.2. The van der Waals surface area contributed by atoms with Crippen LogP contribution < -0.4 is 0 Å². The molecule has 0 amide bonds. The van der Waals surface area contributed by atoms with Gasteiger partial charge in [0.2, 0.25) is 0 Å². The lowest BCUT2D eigenvalue weighted by Crippen LogP contribution is -2.14. The summed E-state index contributed by atoms with van der Waals surface area (Å²) in [5.41, 5.74) is 17.9. The minimum absolute atomic E-state index is 0.0516. The molecule has 0 unspecified atom stereocenters. The standard InChI is InChI=1S/C60H39N3O2/c1-60(2)49-24-8-6-19-45(49)54-42(20-12-25-50(54)60)38-30-28-37(29-31-38)40-32-33-52-48(35-40)55-46(22-13-27-53(55)64-52)58-61-57(41-17-10-16-39(34-41)36-14-4-3-5-15-36)62-59(63-58)47-23-11-21-44-43-18-7-9-26-51(43)65-56(44)47/h3-35H,1-2H3. The molecule has 12 aromatic rings. The summed E-state index contributed by atoms with van der Waals surface area (Å²) >= 11 is 0. The molecule has 5 heteroatoms. The van der Waals surface area contributed by atoms with Gasteiger partial charge in [0.15, 0.2) is 17.5 Å². The van der Waals surface area contributed by atoms with Crippen molar-refractivity contribution in [1.29, 1.82) is 0 Å². The van der Waals surface area contributed by atoms with Gasteiger partial charge in [-0.05, 0) is 92.0 Å². The average molecular weight is 834 g/mol. The number of hydrogen-bond donors (Lipinski definition) is 0. The quantitative estimate of drug-likeness (QED) is 0.167. The molecule has 3 heterocycles. The number of aromatic nitrogens is 3. The molecule has 306 valence electrons. The number of benzene rings is 9. The van der Waals surface area contributed by atoms with Crippen molar-refractivity contribution in [2.75, 3.05) is 0 Å². The molecule has 0 bridgehead atoms. The molecule has 0 N–H and O–H groups in total. The molecule has 65 heavy (non-hydrogen) atoms. The van der Waals surface area contributed by atoms with E-state index in [9.17, 15) is 0 Å². The van der Waals surface area contributed by atoms with E-state index in [-0.39, 0.29) is 5.41 Å². The molecule has 0 fully saturated rings. The lowest BCUT2D eigenvalue weighted by molar-refractivity contribution is 0.660. The highest BCUT2D eigenvalue weighted by Gasteiger charge is 2.36. The van der Waals surface area contributed by atoms with Gasteiger partial charge in [0.25, 0.3) is 0 Å². The number of furan rings is 2. The molecule has 13 rings (SSSR count). The summed E-state index contributed by atoms with van der Waals surface area (Å²) in [4.78, 5) is 15.7. The summed E-state index contributed by atoms with van der Waals surface area (Å²) < 4.78 is 13.1. The summed E-state index contributed by atoms with van der Waals surface area (Å²) in [6, 6.07) is 70.2. The van der Waals surface area contributed by atoms with Crippen molar-refractivity contribution in [3.63, 3.8) is 0 Å². The molecular formula is C60H39N3O2. The van der Waals surface area contributed by atoms with Crippen LogP contribution in [0.5, 0.6) is 0 Å². The fourth-order valence-corrected chi connectivity index (χ4v) is 10.2. The van der Waals surface area contributed by atoms with E-state index in [1.807, 2.05) is 48.5 Å². The van der Waals surface area contributed by atoms with Gasteiger partial charge in [-0.2, -0.15) is 0 Å². The number of rotatable bonds is 6. The zero-order valence-corrected chi connectivity index (χ0v) is 35.7. The van der Waals surface area contributed by atoms with Gasteiger partial charge in [0.05, 0.1) is 5.56 Å². The van der Waals surface area contributed by atoms with Crippen molar-refractivity contribution in [3.05, 3.63) is 211 Å². The third-order valence-electron chi connectivity index (χ3n) is 13.4. The van der Waals surface area contributed by atoms with Crippen molar-refractivity contribution >= 4 is 43.9 Å². The van der Waals surface area contributed by atoms with Gasteiger partial charge in [0.1, 0.15) is 22.3 Å². The highest BCUT2D eigenvalue weighted by atomic mass is 16.3. The predicted octanol–water partition coefficient (Wildman–Crippen LogP) is 16.0. The monoisotopic (exact) mass is 833 g/mol. The third kappa shape index (κ3) is 5.89.